The molecular weight excluding hydrogens is 885 g/mol. The van der Waals surface area contributed by atoms with Crippen molar-refractivity contribution in [2.75, 3.05) is 19.8 Å². The number of carbonyl (C=O) groups is 3. The third-order valence-corrected chi connectivity index (χ3v) is 22.9. The number of Topliss-reactive ketones (excluding diaryl/α,β-unsaturated/α-hetero) is 1. The minimum absolute atomic E-state index is 0.0111. The molecule has 376 valence electrons. The Bertz CT molecular complexity index is 2480. The fraction of sp³-hybridized carbons (Fsp3) is 0.741. The summed E-state index contributed by atoms with van der Waals surface area (Å²) in [4.78, 5) is 47.9. The van der Waals surface area contributed by atoms with Gasteiger partial charge in [-0.3, -0.25) is 14.9 Å². The standard InChI is InChI=1S/C58H74N2O10/c1-53(2)46-45(62)47(63)57(36-13-9-12-33(25-36)24-32-10-5-4-6-11-32)44(56(46)30-67-52(65)55(51(56)70-53)19-7-8-20-55)16-21-54(3)48(68-50(64)49-58(54,57)69-49)37-18-23-66-43(37)28-40-38-26-35-17-22-60-31-59-29-41(60)39(35)27-34(38)14-15-42(40)61/h4-6,10-11,17-18,22-23,33-36,38-42,44,46-49,51,59,61,63H,7-9,12-16,19-21,24-31H2,1-3H3. The third-order valence-electron chi connectivity index (χ3n) is 22.9. The topological polar surface area (TPSA) is 160 Å². The molecule has 12 aliphatic rings. The zero-order chi connectivity index (χ0) is 47.7. The Morgan fingerprint density at radius 2 is 1.67 bits per heavy atom. The van der Waals surface area contributed by atoms with Crippen LogP contribution in [0.5, 0.6) is 0 Å². The second-order valence-corrected chi connectivity index (χ2v) is 25.9. The van der Waals surface area contributed by atoms with Crippen molar-refractivity contribution in [3.63, 3.8) is 0 Å². The van der Waals surface area contributed by atoms with E-state index in [4.69, 9.17) is 23.4 Å². The van der Waals surface area contributed by atoms with Gasteiger partial charge in [0.25, 0.3) is 0 Å². The first-order valence-corrected chi connectivity index (χ1v) is 27.7. The van der Waals surface area contributed by atoms with E-state index < -0.39 is 75.3 Å². The second-order valence-electron chi connectivity index (χ2n) is 25.9. The molecule has 6 aliphatic heterocycles. The summed E-state index contributed by atoms with van der Waals surface area (Å²) >= 11 is 0. The minimum Gasteiger partial charge on any atom is -0.469 e. The van der Waals surface area contributed by atoms with Crippen molar-refractivity contribution >= 4 is 17.7 Å². The van der Waals surface area contributed by atoms with Crippen molar-refractivity contribution in [1.29, 1.82) is 0 Å². The van der Waals surface area contributed by atoms with Gasteiger partial charge >= 0.3 is 11.9 Å². The van der Waals surface area contributed by atoms with Gasteiger partial charge in [0, 0.05) is 40.8 Å². The van der Waals surface area contributed by atoms with Crippen molar-refractivity contribution < 1.29 is 48.0 Å². The van der Waals surface area contributed by atoms with Crippen LogP contribution in [0.4, 0.5) is 0 Å². The number of furan rings is 1. The third kappa shape index (κ3) is 5.70. The highest BCUT2D eigenvalue weighted by Crippen LogP contribution is 2.83. The van der Waals surface area contributed by atoms with E-state index in [9.17, 15) is 15.0 Å². The van der Waals surface area contributed by atoms with Crippen LogP contribution in [0.1, 0.15) is 134 Å². The number of hydrogen-bond acceptors (Lipinski definition) is 12. The lowest BCUT2D eigenvalue weighted by Gasteiger charge is -2.70. The van der Waals surface area contributed by atoms with Crippen LogP contribution < -0.4 is 5.32 Å². The van der Waals surface area contributed by atoms with Crippen molar-refractivity contribution in [1.82, 2.24) is 10.2 Å². The highest BCUT2D eigenvalue weighted by molar-refractivity contribution is 5.93. The Morgan fingerprint density at radius 1 is 0.843 bits per heavy atom. The molecule has 2 aromatic rings. The van der Waals surface area contributed by atoms with Crippen LogP contribution in [-0.2, 0) is 46.2 Å². The van der Waals surface area contributed by atoms with E-state index in [2.05, 4.69) is 59.7 Å². The number of epoxide rings is 1. The molecule has 14 rings (SSSR count). The predicted molar refractivity (Wildman–Crippen MR) is 255 cm³/mol. The van der Waals surface area contributed by atoms with Crippen molar-refractivity contribution in [3.8, 4) is 0 Å². The average molecular weight is 959 g/mol. The molecule has 6 aliphatic carbocycles. The molecule has 5 saturated heterocycles. The van der Waals surface area contributed by atoms with E-state index in [0.717, 1.165) is 88.7 Å². The first kappa shape index (κ1) is 45.1. The molecule has 1 aromatic carbocycles. The number of nitrogens with one attached hydrogen (secondary N) is 1. The number of ether oxygens (including phenoxy) is 4. The van der Waals surface area contributed by atoms with Crippen LogP contribution in [0, 0.1) is 74.9 Å². The van der Waals surface area contributed by atoms with Gasteiger partial charge in [-0.2, -0.15) is 0 Å². The molecule has 7 heterocycles. The largest absolute Gasteiger partial charge is 0.469 e. The molecule has 11 fully saturated rings. The Labute approximate surface area is 412 Å². The molecule has 6 saturated carbocycles. The van der Waals surface area contributed by atoms with E-state index in [1.807, 2.05) is 19.9 Å². The van der Waals surface area contributed by atoms with Crippen LogP contribution in [0.2, 0.25) is 0 Å². The minimum atomic E-state index is -1.45. The molecule has 1 aromatic heterocycles. The number of fused-ring (bicyclic) bond motifs is 6. The maximum absolute atomic E-state index is 16.0. The van der Waals surface area contributed by atoms with Gasteiger partial charge in [-0.25, -0.2) is 4.79 Å². The number of aliphatic hydroxyl groups is 2. The number of hydrogen-bond donors (Lipinski definition) is 3. The summed E-state index contributed by atoms with van der Waals surface area (Å²) in [6.45, 7) is 8.17. The van der Waals surface area contributed by atoms with Crippen LogP contribution in [0.15, 0.2) is 59.4 Å². The quantitative estimate of drug-likeness (QED) is 0.192. The van der Waals surface area contributed by atoms with Crippen molar-refractivity contribution in [2.45, 2.75) is 171 Å². The molecule has 3 spiro atoms. The van der Waals surface area contributed by atoms with Crippen LogP contribution in [0.25, 0.3) is 0 Å². The first-order valence-electron chi connectivity index (χ1n) is 27.7. The van der Waals surface area contributed by atoms with Crippen molar-refractivity contribution in [3.05, 3.63) is 71.8 Å². The summed E-state index contributed by atoms with van der Waals surface area (Å²) in [7, 11) is 0. The monoisotopic (exact) mass is 959 g/mol. The van der Waals surface area contributed by atoms with E-state index in [1.54, 1.807) is 6.26 Å². The van der Waals surface area contributed by atoms with Crippen LogP contribution in [-0.4, -0.2) is 94.3 Å². The highest BCUT2D eigenvalue weighted by atomic mass is 16.7. The molecule has 0 bridgehead atoms. The Kier molecular flexibility index (Phi) is 9.98. The Balaban J connectivity index is 0.878. The van der Waals surface area contributed by atoms with E-state index in [-0.39, 0.29) is 36.1 Å². The zero-order valence-electron chi connectivity index (χ0n) is 41.4. The number of allylic oxidation sites excluding steroid dienone is 1. The van der Waals surface area contributed by atoms with E-state index in [0.29, 0.717) is 67.7 Å². The predicted octanol–water partition coefficient (Wildman–Crippen LogP) is 7.64. The smallest absolute Gasteiger partial charge is 0.339 e. The summed E-state index contributed by atoms with van der Waals surface area (Å²) in [5, 5.41) is 29.3. The molecule has 3 N–H and O–H groups in total. The number of benzene rings is 1. The Hall–Kier alpha value is -3.55. The fourth-order valence-electron chi connectivity index (χ4n) is 20.4. The summed E-state index contributed by atoms with van der Waals surface area (Å²) < 4.78 is 34.4. The number of cyclic esters (lactones) is 2. The van der Waals surface area contributed by atoms with Gasteiger partial charge in [0.15, 0.2) is 11.9 Å². The maximum Gasteiger partial charge on any atom is 0.339 e. The highest BCUT2D eigenvalue weighted by Gasteiger charge is 2.93. The number of carbonyl (C=O) groups excluding carboxylic acids is 3. The normalized spacial score (nSPS) is 49.0. The lowest BCUT2D eigenvalue weighted by atomic mass is 9.32. The summed E-state index contributed by atoms with van der Waals surface area (Å²) in [6, 6.07) is 13.1. The summed E-state index contributed by atoms with van der Waals surface area (Å²) in [5.41, 5.74) is -4.06. The van der Waals surface area contributed by atoms with Gasteiger partial charge in [-0.1, -0.05) is 69.0 Å². The molecule has 19 atom stereocenters. The molecule has 12 heteroatoms. The fourth-order valence-corrected chi connectivity index (χ4v) is 20.4. The van der Waals surface area contributed by atoms with Crippen molar-refractivity contribution in [2.24, 2.45) is 74.9 Å². The molecular formula is C58H74N2O10. The number of aliphatic hydroxyl groups excluding tert-OH is 2. The van der Waals surface area contributed by atoms with Crippen LogP contribution in [0.3, 0.4) is 0 Å². The molecule has 19 unspecified atom stereocenters. The van der Waals surface area contributed by atoms with Gasteiger partial charge in [0.1, 0.15) is 30.2 Å². The number of ketones is 1. The molecule has 12 nitrogen and oxygen atoms in total. The van der Waals surface area contributed by atoms with Gasteiger partial charge < -0.3 is 38.5 Å². The lowest BCUT2D eigenvalue weighted by Crippen LogP contribution is -2.80. The number of rotatable bonds is 6. The number of nitrogens with zero attached hydrogens (tertiary/aromatic N) is 1. The van der Waals surface area contributed by atoms with Gasteiger partial charge in [-0.05, 0) is 150 Å². The maximum atomic E-state index is 16.0. The SMILES string of the molecule is CC1(C)OC2C3(CCCC3)C(=O)OCC23C1C(=O)C(O)C1(C2CCCC(Cc4ccccc4)C2)C3CCC2(C)C(c3ccoc3CC3C(O)CCC4CC5C(C=CN6CNCC56)CC43)OC(=O)C3OC321. The Morgan fingerprint density at radius 3 is 2.50 bits per heavy atom. The second kappa shape index (κ2) is 15.5. The van der Waals surface area contributed by atoms with Gasteiger partial charge in [-0.15, -0.1) is 0 Å². The molecule has 0 radical (unpaired) electrons. The van der Waals surface area contributed by atoms with Gasteiger partial charge in [0.2, 0.25) is 0 Å². The average Bonchev–Trinajstić information content (AvgIpc) is 3.80. The summed E-state index contributed by atoms with van der Waals surface area (Å²) in [6.07, 6.45) is 15.4. The number of esters is 2. The summed E-state index contributed by atoms with van der Waals surface area (Å²) in [5.74, 6) is 0.796. The molecule has 0 amide bonds. The van der Waals surface area contributed by atoms with Crippen LogP contribution >= 0.6 is 0 Å². The van der Waals surface area contributed by atoms with E-state index in [1.165, 1.54) is 12.0 Å². The van der Waals surface area contributed by atoms with Gasteiger partial charge in [0.05, 0.1) is 42.1 Å². The zero-order valence-corrected chi connectivity index (χ0v) is 41.4. The first-order chi connectivity index (χ1) is 33.8. The van der Waals surface area contributed by atoms with E-state index >= 15 is 9.59 Å². The lowest BCUT2D eigenvalue weighted by molar-refractivity contribution is -0.285. The molecule has 70 heavy (non-hydrogen) atoms.